The molecule has 0 saturated carbocycles. The Hall–Kier alpha value is -1.05. The van der Waals surface area contributed by atoms with Gasteiger partial charge in [-0.1, -0.05) is 0 Å². The van der Waals surface area contributed by atoms with Crippen LogP contribution in [0.4, 0.5) is 0 Å². The van der Waals surface area contributed by atoms with Crippen molar-refractivity contribution in [3.63, 3.8) is 0 Å². The Kier molecular flexibility index (Phi) is 2.21. The number of hydrogen-bond donors (Lipinski definition) is 0. The molecule has 0 bridgehead atoms. The van der Waals surface area contributed by atoms with Crippen LogP contribution >= 0.6 is 0 Å². The topological polar surface area (TPSA) is 22.0 Å². The van der Waals surface area contributed by atoms with E-state index >= 15 is 0 Å². The van der Waals surface area contributed by atoms with Gasteiger partial charge in [-0.15, -0.1) is 0 Å². The fourth-order valence-electron chi connectivity index (χ4n) is 1.25. The van der Waals surface area contributed by atoms with Crippen LogP contribution in [0.1, 0.15) is 0 Å². The van der Waals surface area contributed by atoms with Crippen LogP contribution in [0.5, 0.6) is 0 Å². The molecule has 66 valence electrons. The van der Waals surface area contributed by atoms with E-state index in [-0.39, 0.29) is 20.3 Å². The summed E-state index contributed by atoms with van der Waals surface area (Å²) < 4.78 is 3.03. The number of fused-ring (bicyclic) bond motifs is 1. The van der Waals surface area contributed by atoms with Crippen molar-refractivity contribution in [2.75, 3.05) is 0 Å². The molecule has 0 radical (unpaired) electrons. The maximum atomic E-state index is 11.7. The number of nitrogens with zero attached hydrogens (tertiary/aromatic N) is 1. The first-order valence-corrected chi connectivity index (χ1v) is 5.65. The van der Waals surface area contributed by atoms with E-state index < -0.39 is 0 Å². The number of hydrogen-bond acceptors (Lipinski definition) is 1. The molecule has 0 atom stereocenters. The molecule has 2 nitrogen and oxygen atoms in total. The monoisotopic (exact) mass is 239 g/mol. The van der Waals surface area contributed by atoms with Gasteiger partial charge in [0.2, 0.25) is 0 Å². The molecule has 2 aromatic rings. The second-order valence-electron chi connectivity index (χ2n) is 2.74. The molecule has 3 heteroatoms. The fourth-order valence-corrected chi connectivity index (χ4v) is 3.34. The normalized spacial score (nSPS) is 10.5. The summed E-state index contributed by atoms with van der Waals surface area (Å²) in [7, 11) is 0. The van der Waals surface area contributed by atoms with Gasteiger partial charge in [-0.3, -0.25) is 0 Å². The quantitative estimate of drug-likeness (QED) is 0.570. The van der Waals surface area contributed by atoms with Crippen LogP contribution in [0.25, 0.3) is 9.65 Å². The first-order valence-electron chi connectivity index (χ1n) is 4.02. The predicted molar refractivity (Wildman–Crippen MR) is 55.3 cm³/mol. The molecule has 0 N–H and O–H groups in total. The Balaban J connectivity index is 2.74. The van der Waals surface area contributed by atoms with Crippen molar-refractivity contribution in [3.8, 4) is 0 Å². The van der Waals surface area contributed by atoms with E-state index in [4.69, 9.17) is 0 Å². The molecule has 0 fully saturated rings. The van der Waals surface area contributed by atoms with Crippen molar-refractivity contribution in [1.82, 2.24) is 3.56 Å². The molecule has 0 amide bonds. The van der Waals surface area contributed by atoms with Crippen LogP contribution in [0, 0.1) is 0 Å². The van der Waals surface area contributed by atoms with Crippen molar-refractivity contribution < 1.29 is 0 Å². The zero-order valence-corrected chi connectivity index (χ0v) is 8.78. The van der Waals surface area contributed by atoms with Crippen molar-refractivity contribution >= 4 is 24.4 Å². The summed E-state index contributed by atoms with van der Waals surface area (Å²) in [4.78, 5) is 11.7. The summed E-state index contributed by atoms with van der Waals surface area (Å²) >= 11 is 0.155. The van der Waals surface area contributed by atoms with Gasteiger partial charge < -0.3 is 0 Å². The van der Waals surface area contributed by atoms with Crippen LogP contribution < -0.4 is 5.56 Å². The molecule has 0 aliphatic heterocycles. The summed E-state index contributed by atoms with van der Waals surface area (Å²) in [5.41, 5.74) is 0.149. The Morgan fingerprint density at radius 1 is 1.46 bits per heavy atom. The standard InChI is InChI=1S/C10H9NOSe/c1-2-7-11-10(12)8-5-3-4-6-9(8)13-11/h2-6H,1,7H2. The van der Waals surface area contributed by atoms with E-state index in [9.17, 15) is 4.79 Å². The number of aromatic nitrogens is 1. The summed E-state index contributed by atoms with van der Waals surface area (Å²) in [5, 5.41) is 0.865. The minimum absolute atomic E-state index is 0.149. The molecule has 1 aromatic carbocycles. The van der Waals surface area contributed by atoms with E-state index in [1.165, 1.54) is 4.26 Å². The molecule has 0 aliphatic carbocycles. The molecule has 2 rings (SSSR count). The van der Waals surface area contributed by atoms with Gasteiger partial charge in [0.15, 0.2) is 0 Å². The second kappa shape index (κ2) is 3.36. The summed E-state index contributed by atoms with van der Waals surface area (Å²) in [6, 6.07) is 7.80. The molecule has 0 spiro atoms. The molecule has 1 heterocycles. The minimum atomic E-state index is 0.149. The second-order valence-corrected chi connectivity index (χ2v) is 4.97. The molecule has 0 unspecified atom stereocenters. The third kappa shape index (κ3) is 1.41. The summed E-state index contributed by atoms with van der Waals surface area (Å²) in [5.74, 6) is 0. The molecule has 0 aliphatic rings. The van der Waals surface area contributed by atoms with Crippen LogP contribution in [-0.4, -0.2) is 18.3 Å². The van der Waals surface area contributed by atoms with E-state index in [1.807, 2.05) is 27.8 Å². The van der Waals surface area contributed by atoms with E-state index in [2.05, 4.69) is 6.58 Å². The van der Waals surface area contributed by atoms with Gasteiger partial charge in [0.05, 0.1) is 0 Å². The van der Waals surface area contributed by atoms with Gasteiger partial charge in [-0.05, 0) is 0 Å². The van der Waals surface area contributed by atoms with Gasteiger partial charge in [-0.25, -0.2) is 0 Å². The van der Waals surface area contributed by atoms with Gasteiger partial charge in [0, 0.05) is 0 Å². The SMILES string of the molecule is C=CCn1[se]c2ccccc2c1=O. The summed E-state index contributed by atoms with van der Waals surface area (Å²) in [6.07, 6.45) is 1.77. The summed E-state index contributed by atoms with van der Waals surface area (Å²) in [6.45, 7) is 4.30. The zero-order valence-electron chi connectivity index (χ0n) is 7.06. The van der Waals surface area contributed by atoms with Gasteiger partial charge in [0.25, 0.3) is 0 Å². The average molecular weight is 238 g/mol. The van der Waals surface area contributed by atoms with Crippen molar-refractivity contribution in [2.45, 2.75) is 6.54 Å². The fraction of sp³-hybridized carbons (Fsp3) is 0.100. The molecule has 13 heavy (non-hydrogen) atoms. The number of allylic oxidation sites excluding steroid dienone is 1. The molecular weight excluding hydrogens is 229 g/mol. The van der Waals surface area contributed by atoms with Gasteiger partial charge >= 0.3 is 81.8 Å². The maximum absolute atomic E-state index is 11.7. The van der Waals surface area contributed by atoms with Gasteiger partial charge in [0.1, 0.15) is 0 Å². The van der Waals surface area contributed by atoms with Crippen molar-refractivity contribution in [1.29, 1.82) is 0 Å². The first-order chi connectivity index (χ1) is 6.33. The third-order valence-corrected chi connectivity index (χ3v) is 4.13. The number of benzene rings is 1. The Bertz CT molecular complexity index is 495. The van der Waals surface area contributed by atoms with Crippen LogP contribution in [0.15, 0.2) is 41.7 Å². The average Bonchev–Trinajstić information content (AvgIpc) is 2.46. The predicted octanol–water partition coefficient (Wildman–Crippen LogP) is 1.24. The van der Waals surface area contributed by atoms with Crippen molar-refractivity contribution in [2.24, 2.45) is 0 Å². The zero-order chi connectivity index (χ0) is 9.26. The Morgan fingerprint density at radius 3 is 2.92 bits per heavy atom. The van der Waals surface area contributed by atoms with Crippen LogP contribution in [0.2, 0.25) is 0 Å². The van der Waals surface area contributed by atoms with Crippen LogP contribution in [-0.2, 0) is 6.54 Å². The molecule has 1 aromatic heterocycles. The third-order valence-electron chi connectivity index (χ3n) is 1.85. The van der Waals surface area contributed by atoms with E-state index in [0.717, 1.165) is 5.39 Å². The molecular formula is C10H9NOSe. The number of rotatable bonds is 2. The van der Waals surface area contributed by atoms with Crippen molar-refractivity contribution in [3.05, 3.63) is 47.3 Å². The first kappa shape index (κ1) is 8.54. The molecule has 0 saturated heterocycles. The van der Waals surface area contributed by atoms with E-state index in [0.29, 0.717) is 6.54 Å². The van der Waals surface area contributed by atoms with Gasteiger partial charge in [-0.2, -0.15) is 0 Å². The van der Waals surface area contributed by atoms with E-state index in [1.54, 1.807) is 6.08 Å². The Morgan fingerprint density at radius 2 is 2.23 bits per heavy atom. The van der Waals surface area contributed by atoms with Crippen LogP contribution in [0.3, 0.4) is 0 Å². The Labute approximate surface area is 82.1 Å².